The Morgan fingerprint density at radius 1 is 0.774 bits per heavy atom. The molecule has 3 aromatic carbocycles. The highest BCUT2D eigenvalue weighted by Gasteiger charge is 2.29. The van der Waals surface area contributed by atoms with Gasteiger partial charge >= 0.3 is 0 Å². The van der Waals surface area contributed by atoms with Gasteiger partial charge < -0.3 is 10.2 Å². The van der Waals surface area contributed by atoms with Crippen molar-refractivity contribution in [1.29, 1.82) is 0 Å². The van der Waals surface area contributed by atoms with Gasteiger partial charge in [-0.2, -0.15) is 0 Å². The van der Waals surface area contributed by atoms with Gasteiger partial charge in [0.05, 0.1) is 19.1 Å². The first-order valence-corrected chi connectivity index (χ1v) is 11.0. The van der Waals surface area contributed by atoms with Crippen LogP contribution in [0.1, 0.15) is 40.4 Å². The number of carbonyl (C=O) groups excluding carboxylic acids is 2. The van der Waals surface area contributed by atoms with Crippen LogP contribution in [-0.4, -0.2) is 31.3 Å². The van der Waals surface area contributed by atoms with Crippen LogP contribution in [0.2, 0.25) is 0 Å². The van der Waals surface area contributed by atoms with Crippen LogP contribution in [0.15, 0.2) is 91.0 Å². The van der Waals surface area contributed by atoms with Gasteiger partial charge in [-0.1, -0.05) is 91.0 Å². The minimum absolute atomic E-state index is 0.0422. The smallest absolute Gasteiger partial charge is 0.275 e. The maximum atomic E-state index is 12.9. The number of nitrogens with one attached hydrogen (secondary N) is 2. The molecule has 31 heavy (non-hydrogen) atoms. The van der Waals surface area contributed by atoms with Crippen LogP contribution in [0.25, 0.3) is 0 Å². The summed E-state index contributed by atoms with van der Waals surface area (Å²) < 4.78 is 0. The van der Waals surface area contributed by atoms with Crippen LogP contribution in [0.5, 0.6) is 0 Å². The van der Waals surface area contributed by atoms with Gasteiger partial charge in [-0.3, -0.25) is 9.59 Å². The number of amides is 1. The van der Waals surface area contributed by atoms with E-state index in [-0.39, 0.29) is 23.7 Å². The first-order chi connectivity index (χ1) is 15.2. The van der Waals surface area contributed by atoms with E-state index >= 15 is 0 Å². The Hall–Kier alpha value is -3.24. The number of carbonyl (C=O) groups is 2. The van der Waals surface area contributed by atoms with Gasteiger partial charge in [0.1, 0.15) is 0 Å². The zero-order valence-corrected chi connectivity index (χ0v) is 17.7. The molecule has 4 nitrogen and oxygen atoms in total. The van der Waals surface area contributed by atoms with Gasteiger partial charge in [-0.25, -0.2) is 0 Å². The van der Waals surface area contributed by atoms with Crippen molar-refractivity contribution < 1.29 is 14.5 Å². The van der Waals surface area contributed by atoms with E-state index < -0.39 is 0 Å². The molecule has 3 aromatic rings. The van der Waals surface area contributed by atoms with Crippen molar-refractivity contribution in [2.75, 3.05) is 19.6 Å². The lowest BCUT2D eigenvalue weighted by Crippen LogP contribution is -3.14. The highest BCUT2D eigenvalue weighted by Crippen LogP contribution is 2.21. The Kier molecular flexibility index (Phi) is 6.90. The molecule has 0 atom stereocenters. The summed E-state index contributed by atoms with van der Waals surface area (Å²) in [5.74, 6) is 0.341. The molecule has 0 radical (unpaired) electrons. The number of ketones is 1. The molecule has 0 aromatic heterocycles. The molecule has 1 amide bonds. The van der Waals surface area contributed by atoms with E-state index in [1.165, 1.54) is 4.90 Å². The fourth-order valence-corrected chi connectivity index (χ4v) is 4.39. The predicted octanol–water partition coefficient (Wildman–Crippen LogP) is 3.07. The molecule has 1 saturated heterocycles. The van der Waals surface area contributed by atoms with Gasteiger partial charge in [0, 0.05) is 24.3 Å². The summed E-state index contributed by atoms with van der Waals surface area (Å²) in [5, 5.41) is 3.23. The van der Waals surface area contributed by atoms with E-state index in [4.69, 9.17) is 0 Å². The lowest BCUT2D eigenvalue weighted by atomic mass is 9.89. The van der Waals surface area contributed by atoms with E-state index in [0.29, 0.717) is 6.54 Å². The van der Waals surface area contributed by atoms with Crippen molar-refractivity contribution in [3.63, 3.8) is 0 Å². The maximum absolute atomic E-state index is 12.9. The molecule has 1 heterocycles. The van der Waals surface area contributed by atoms with Crippen molar-refractivity contribution in [3.8, 4) is 0 Å². The lowest BCUT2D eigenvalue weighted by Gasteiger charge is -2.29. The third kappa shape index (κ3) is 5.47. The first-order valence-electron chi connectivity index (χ1n) is 11.0. The molecule has 1 fully saturated rings. The van der Waals surface area contributed by atoms with Crippen LogP contribution in [0.3, 0.4) is 0 Å². The van der Waals surface area contributed by atoms with E-state index in [1.807, 2.05) is 91.0 Å². The molecule has 2 N–H and O–H groups in total. The zero-order chi connectivity index (χ0) is 21.5. The summed E-state index contributed by atoms with van der Waals surface area (Å²) in [6, 6.07) is 29.5. The Morgan fingerprint density at radius 3 is 1.77 bits per heavy atom. The molecule has 4 rings (SSSR count). The summed E-state index contributed by atoms with van der Waals surface area (Å²) in [4.78, 5) is 26.9. The third-order valence-electron chi connectivity index (χ3n) is 6.10. The predicted molar refractivity (Wildman–Crippen MR) is 122 cm³/mol. The average Bonchev–Trinajstić information content (AvgIpc) is 2.84. The molecule has 0 aliphatic carbocycles. The van der Waals surface area contributed by atoms with Crippen molar-refractivity contribution >= 4 is 11.7 Å². The molecule has 1 aliphatic heterocycles. The number of Topliss-reactive ketones (excluding diaryl/α,β-unsaturated/α-hetero) is 1. The van der Waals surface area contributed by atoms with Gasteiger partial charge in [-0.15, -0.1) is 0 Å². The number of benzene rings is 3. The molecule has 158 valence electrons. The standard InChI is InChI=1S/C27H28N2O2/c30-25(28-26(21-10-4-1-5-11-21)22-12-6-2-7-13-22)20-29-18-16-24(17-19-29)27(31)23-14-8-3-9-15-23/h1-15,24,26H,16-20H2,(H,28,30)/p+1. The molecule has 1 aliphatic rings. The fraction of sp³-hybridized carbons (Fsp3) is 0.259. The molecule has 0 spiro atoms. The normalized spacial score (nSPS) is 18.5. The summed E-state index contributed by atoms with van der Waals surface area (Å²) >= 11 is 0. The average molecular weight is 414 g/mol. The van der Waals surface area contributed by atoms with Gasteiger partial charge in [-0.05, 0) is 11.1 Å². The maximum Gasteiger partial charge on any atom is 0.275 e. The first kappa shape index (κ1) is 21.0. The summed E-state index contributed by atoms with van der Waals surface area (Å²) in [7, 11) is 0. The highest BCUT2D eigenvalue weighted by molar-refractivity contribution is 5.97. The fourth-order valence-electron chi connectivity index (χ4n) is 4.39. The monoisotopic (exact) mass is 413 g/mol. The van der Waals surface area contributed by atoms with Crippen LogP contribution < -0.4 is 10.2 Å². The Balaban J connectivity index is 1.34. The van der Waals surface area contributed by atoms with Crippen molar-refractivity contribution in [2.24, 2.45) is 5.92 Å². The number of quaternary nitrogens is 1. The minimum Gasteiger partial charge on any atom is -0.340 e. The number of likely N-dealkylation sites (tertiary alicyclic amines) is 1. The zero-order valence-electron chi connectivity index (χ0n) is 17.7. The Bertz CT molecular complexity index is 942. The number of rotatable bonds is 7. The Morgan fingerprint density at radius 2 is 1.26 bits per heavy atom. The van der Waals surface area contributed by atoms with E-state index in [9.17, 15) is 9.59 Å². The second-order valence-electron chi connectivity index (χ2n) is 8.25. The number of hydrogen-bond donors (Lipinski definition) is 2. The summed E-state index contributed by atoms with van der Waals surface area (Å²) in [5.41, 5.74) is 2.94. The summed E-state index contributed by atoms with van der Waals surface area (Å²) in [6.45, 7) is 2.12. The summed E-state index contributed by atoms with van der Waals surface area (Å²) in [6.07, 6.45) is 1.66. The minimum atomic E-state index is -0.161. The van der Waals surface area contributed by atoms with E-state index in [2.05, 4.69) is 5.32 Å². The highest BCUT2D eigenvalue weighted by atomic mass is 16.2. The van der Waals surface area contributed by atoms with Gasteiger partial charge in [0.25, 0.3) is 5.91 Å². The topological polar surface area (TPSA) is 50.6 Å². The van der Waals surface area contributed by atoms with Crippen LogP contribution in [0, 0.1) is 5.92 Å². The largest absolute Gasteiger partial charge is 0.340 e. The van der Waals surface area contributed by atoms with Gasteiger partial charge in [0.15, 0.2) is 12.3 Å². The molecular weight excluding hydrogens is 384 g/mol. The second-order valence-corrected chi connectivity index (χ2v) is 8.25. The number of piperidine rings is 1. The number of hydrogen-bond acceptors (Lipinski definition) is 2. The van der Waals surface area contributed by atoms with Crippen LogP contribution >= 0.6 is 0 Å². The Labute approximate surface area is 183 Å². The van der Waals surface area contributed by atoms with E-state index in [1.54, 1.807) is 0 Å². The van der Waals surface area contributed by atoms with Crippen molar-refractivity contribution in [3.05, 3.63) is 108 Å². The molecular formula is C27H29N2O2+. The molecule has 4 heteroatoms. The quantitative estimate of drug-likeness (QED) is 0.585. The van der Waals surface area contributed by atoms with Crippen molar-refractivity contribution in [2.45, 2.75) is 18.9 Å². The second kappa shape index (κ2) is 10.2. The van der Waals surface area contributed by atoms with E-state index in [0.717, 1.165) is 42.6 Å². The van der Waals surface area contributed by atoms with Gasteiger partial charge in [0.2, 0.25) is 0 Å². The third-order valence-corrected chi connectivity index (χ3v) is 6.10. The molecule has 0 bridgehead atoms. The molecule has 0 saturated carbocycles. The molecule has 0 unspecified atom stereocenters. The lowest BCUT2D eigenvalue weighted by molar-refractivity contribution is -0.897. The van der Waals surface area contributed by atoms with Crippen molar-refractivity contribution in [1.82, 2.24) is 5.32 Å². The SMILES string of the molecule is O=C(C[NH+]1CCC(C(=O)c2ccccc2)CC1)NC(c1ccccc1)c1ccccc1. The van der Waals surface area contributed by atoms with Crippen LogP contribution in [0.4, 0.5) is 0 Å². The van der Waals surface area contributed by atoms with Crippen LogP contribution in [-0.2, 0) is 4.79 Å².